The van der Waals surface area contributed by atoms with Crippen LogP contribution in [0.4, 0.5) is 4.39 Å². The van der Waals surface area contributed by atoms with E-state index in [0.29, 0.717) is 5.92 Å². The maximum Gasteiger partial charge on any atom is 0.142 e. The summed E-state index contributed by atoms with van der Waals surface area (Å²) < 4.78 is 13.0. The van der Waals surface area contributed by atoms with Crippen LogP contribution in [0.1, 0.15) is 24.5 Å². The third-order valence-corrected chi connectivity index (χ3v) is 3.24. The minimum Gasteiger partial charge on any atom is -0.343 e. The molecule has 4 heteroatoms. The molecule has 1 aliphatic heterocycles. The number of hydrogen-bond donors (Lipinski definition) is 2. The first kappa shape index (κ1) is 9.78. The lowest BCUT2D eigenvalue weighted by Gasteiger charge is -2.21. The quantitative estimate of drug-likeness (QED) is 0.771. The summed E-state index contributed by atoms with van der Waals surface area (Å²) in [6, 6.07) is 3.56. The monoisotopic (exact) mass is 219 g/mol. The van der Waals surface area contributed by atoms with E-state index in [1.165, 1.54) is 18.0 Å². The van der Waals surface area contributed by atoms with Crippen LogP contribution in [0.25, 0.3) is 11.0 Å². The standard InChI is InChI=1S/C12H14FN3/c13-10-5-9-6-11(16-12(9)15-7-10)8-1-3-14-4-2-8/h5-8,14H,1-4H2,(H,15,16). The molecule has 2 N–H and O–H groups in total. The van der Waals surface area contributed by atoms with Crippen molar-refractivity contribution in [1.29, 1.82) is 0 Å². The van der Waals surface area contributed by atoms with Crippen LogP contribution in [0.3, 0.4) is 0 Å². The number of nitrogens with one attached hydrogen (secondary N) is 2. The van der Waals surface area contributed by atoms with Gasteiger partial charge in [-0.05, 0) is 38.1 Å². The highest BCUT2D eigenvalue weighted by atomic mass is 19.1. The lowest BCUT2D eigenvalue weighted by atomic mass is 9.95. The Labute approximate surface area is 93.1 Å². The van der Waals surface area contributed by atoms with Crippen LogP contribution < -0.4 is 5.32 Å². The molecule has 1 saturated heterocycles. The van der Waals surface area contributed by atoms with Crippen molar-refractivity contribution >= 4 is 11.0 Å². The molecule has 0 aromatic carbocycles. The van der Waals surface area contributed by atoms with E-state index in [1.807, 2.05) is 6.07 Å². The number of nitrogens with zero attached hydrogens (tertiary/aromatic N) is 1. The molecule has 0 radical (unpaired) electrons. The molecule has 3 heterocycles. The molecule has 0 spiro atoms. The van der Waals surface area contributed by atoms with Crippen LogP contribution in [0.15, 0.2) is 18.3 Å². The molecule has 0 amide bonds. The molecule has 0 bridgehead atoms. The Bertz CT molecular complexity index is 500. The molecule has 0 aliphatic carbocycles. The van der Waals surface area contributed by atoms with Crippen molar-refractivity contribution in [3.05, 3.63) is 29.8 Å². The number of fused-ring (bicyclic) bond motifs is 1. The van der Waals surface area contributed by atoms with Crippen molar-refractivity contribution in [3.63, 3.8) is 0 Å². The SMILES string of the molecule is Fc1cnc2[nH]c(C3CCNCC3)cc2c1. The lowest BCUT2D eigenvalue weighted by Crippen LogP contribution is -2.26. The Morgan fingerprint density at radius 1 is 1.25 bits per heavy atom. The van der Waals surface area contributed by atoms with Crippen molar-refractivity contribution in [2.75, 3.05) is 13.1 Å². The number of rotatable bonds is 1. The van der Waals surface area contributed by atoms with Gasteiger partial charge in [0.05, 0.1) is 6.20 Å². The molecular weight excluding hydrogens is 205 g/mol. The third-order valence-electron chi connectivity index (χ3n) is 3.24. The Morgan fingerprint density at radius 3 is 2.88 bits per heavy atom. The van der Waals surface area contributed by atoms with Crippen molar-refractivity contribution in [3.8, 4) is 0 Å². The zero-order chi connectivity index (χ0) is 11.0. The van der Waals surface area contributed by atoms with E-state index in [9.17, 15) is 4.39 Å². The summed E-state index contributed by atoms with van der Waals surface area (Å²) in [5.41, 5.74) is 1.98. The van der Waals surface area contributed by atoms with Gasteiger partial charge in [-0.3, -0.25) is 0 Å². The Balaban J connectivity index is 1.97. The van der Waals surface area contributed by atoms with Gasteiger partial charge in [-0.15, -0.1) is 0 Å². The molecule has 1 fully saturated rings. The fourth-order valence-corrected chi connectivity index (χ4v) is 2.36. The Kier molecular flexibility index (Phi) is 2.36. The average Bonchev–Trinajstić information content (AvgIpc) is 2.73. The van der Waals surface area contributed by atoms with E-state index in [4.69, 9.17) is 0 Å². The van der Waals surface area contributed by atoms with Crippen LogP contribution in [0.2, 0.25) is 0 Å². The predicted octanol–water partition coefficient (Wildman–Crippen LogP) is 2.17. The highest BCUT2D eigenvalue weighted by Crippen LogP contribution is 2.27. The molecule has 84 valence electrons. The van der Waals surface area contributed by atoms with E-state index in [-0.39, 0.29) is 5.82 Å². The van der Waals surface area contributed by atoms with Gasteiger partial charge in [-0.25, -0.2) is 9.37 Å². The number of aromatic nitrogens is 2. The Morgan fingerprint density at radius 2 is 2.06 bits per heavy atom. The number of aromatic amines is 1. The third kappa shape index (κ3) is 1.69. The van der Waals surface area contributed by atoms with Gasteiger partial charge in [0.2, 0.25) is 0 Å². The first-order valence-corrected chi connectivity index (χ1v) is 5.68. The molecule has 3 rings (SSSR count). The summed E-state index contributed by atoms with van der Waals surface area (Å²) >= 11 is 0. The predicted molar refractivity (Wildman–Crippen MR) is 60.9 cm³/mol. The first-order chi connectivity index (χ1) is 7.83. The van der Waals surface area contributed by atoms with Crippen LogP contribution in [0.5, 0.6) is 0 Å². The van der Waals surface area contributed by atoms with Gasteiger partial charge < -0.3 is 10.3 Å². The molecule has 1 aliphatic rings. The second-order valence-electron chi connectivity index (χ2n) is 4.34. The van der Waals surface area contributed by atoms with E-state index in [2.05, 4.69) is 15.3 Å². The minimum atomic E-state index is -0.275. The van der Waals surface area contributed by atoms with Gasteiger partial charge >= 0.3 is 0 Å². The van der Waals surface area contributed by atoms with Crippen molar-refractivity contribution in [1.82, 2.24) is 15.3 Å². The fraction of sp³-hybridized carbons (Fsp3) is 0.417. The molecule has 2 aromatic rings. The second kappa shape index (κ2) is 3.87. The molecule has 0 saturated carbocycles. The fourth-order valence-electron chi connectivity index (χ4n) is 2.36. The van der Waals surface area contributed by atoms with Gasteiger partial charge in [0, 0.05) is 17.0 Å². The summed E-state index contributed by atoms with van der Waals surface area (Å²) in [6.07, 6.45) is 3.52. The summed E-state index contributed by atoms with van der Waals surface area (Å²) in [5.74, 6) is 0.280. The Hall–Kier alpha value is -1.42. The zero-order valence-electron chi connectivity index (χ0n) is 8.96. The topological polar surface area (TPSA) is 40.7 Å². The van der Waals surface area contributed by atoms with Crippen LogP contribution >= 0.6 is 0 Å². The summed E-state index contributed by atoms with van der Waals surface area (Å²) in [6.45, 7) is 2.11. The average molecular weight is 219 g/mol. The summed E-state index contributed by atoms with van der Waals surface area (Å²) in [5, 5.41) is 4.21. The smallest absolute Gasteiger partial charge is 0.142 e. The van der Waals surface area contributed by atoms with Crippen molar-refractivity contribution in [2.45, 2.75) is 18.8 Å². The largest absolute Gasteiger partial charge is 0.343 e. The van der Waals surface area contributed by atoms with Gasteiger partial charge in [-0.2, -0.15) is 0 Å². The molecule has 0 unspecified atom stereocenters. The zero-order valence-corrected chi connectivity index (χ0v) is 8.96. The number of H-pyrrole nitrogens is 1. The van der Waals surface area contributed by atoms with Crippen LogP contribution in [-0.2, 0) is 0 Å². The highest BCUT2D eigenvalue weighted by molar-refractivity contribution is 5.76. The van der Waals surface area contributed by atoms with Gasteiger partial charge in [0.15, 0.2) is 0 Å². The second-order valence-corrected chi connectivity index (χ2v) is 4.34. The molecule has 3 nitrogen and oxygen atoms in total. The minimum absolute atomic E-state index is 0.275. The van der Waals surface area contributed by atoms with E-state index >= 15 is 0 Å². The number of piperidine rings is 1. The summed E-state index contributed by atoms with van der Waals surface area (Å²) in [7, 11) is 0. The van der Waals surface area contributed by atoms with Gasteiger partial charge in [0.25, 0.3) is 0 Å². The molecule has 16 heavy (non-hydrogen) atoms. The molecule has 0 atom stereocenters. The van der Waals surface area contributed by atoms with E-state index in [0.717, 1.165) is 37.0 Å². The maximum atomic E-state index is 13.0. The van der Waals surface area contributed by atoms with Crippen molar-refractivity contribution in [2.24, 2.45) is 0 Å². The van der Waals surface area contributed by atoms with Crippen LogP contribution in [-0.4, -0.2) is 23.1 Å². The normalized spacial score (nSPS) is 18.1. The highest BCUT2D eigenvalue weighted by Gasteiger charge is 2.17. The first-order valence-electron chi connectivity index (χ1n) is 5.68. The van der Waals surface area contributed by atoms with Crippen molar-refractivity contribution < 1.29 is 4.39 Å². The van der Waals surface area contributed by atoms with Crippen LogP contribution in [0, 0.1) is 5.82 Å². The van der Waals surface area contributed by atoms with E-state index in [1.54, 1.807) is 0 Å². The van der Waals surface area contributed by atoms with E-state index < -0.39 is 0 Å². The molecular formula is C12H14FN3. The number of halogens is 1. The number of pyridine rings is 1. The maximum absolute atomic E-state index is 13.0. The molecule has 2 aromatic heterocycles. The summed E-state index contributed by atoms with van der Waals surface area (Å²) in [4.78, 5) is 7.34. The van der Waals surface area contributed by atoms with Gasteiger partial charge in [-0.1, -0.05) is 0 Å². The lowest BCUT2D eigenvalue weighted by molar-refractivity contribution is 0.455. The number of hydrogen-bond acceptors (Lipinski definition) is 2. The van der Waals surface area contributed by atoms with Gasteiger partial charge in [0.1, 0.15) is 11.5 Å².